The monoisotopic (exact) mass is 224 g/mol. The van der Waals surface area contributed by atoms with Crippen LogP contribution in [0.3, 0.4) is 0 Å². The molecule has 1 N–H and O–H groups in total. The predicted molar refractivity (Wildman–Crippen MR) is 69.6 cm³/mol. The molecule has 2 rings (SSSR count). The number of likely N-dealkylation sites (N-methyl/N-ethyl adjacent to an activating group) is 1. The number of fused-ring (bicyclic) bond motifs is 2. The molecule has 2 heteroatoms. The van der Waals surface area contributed by atoms with Crippen molar-refractivity contribution in [3.8, 4) is 0 Å². The summed E-state index contributed by atoms with van der Waals surface area (Å²) in [5.41, 5.74) is 0. The lowest BCUT2D eigenvalue weighted by Gasteiger charge is -2.23. The summed E-state index contributed by atoms with van der Waals surface area (Å²) in [7, 11) is 4.29. The first kappa shape index (κ1) is 12.4. The lowest BCUT2D eigenvalue weighted by Crippen LogP contribution is -2.37. The molecule has 0 aromatic carbocycles. The summed E-state index contributed by atoms with van der Waals surface area (Å²) < 4.78 is 0. The fourth-order valence-corrected chi connectivity index (χ4v) is 3.86. The van der Waals surface area contributed by atoms with E-state index in [0.29, 0.717) is 6.04 Å². The van der Waals surface area contributed by atoms with Gasteiger partial charge in [-0.2, -0.15) is 0 Å². The van der Waals surface area contributed by atoms with Crippen molar-refractivity contribution in [2.75, 3.05) is 27.2 Å². The van der Waals surface area contributed by atoms with Gasteiger partial charge in [0.1, 0.15) is 0 Å². The molecule has 2 aliphatic carbocycles. The molecule has 4 atom stereocenters. The molecule has 0 amide bonds. The number of rotatable bonds is 6. The van der Waals surface area contributed by atoms with Gasteiger partial charge in [0.05, 0.1) is 0 Å². The van der Waals surface area contributed by atoms with Crippen LogP contribution in [0.4, 0.5) is 0 Å². The standard InChI is InChI=1S/C14H28N2/c1-11(10-16(2)3)15-7-6-14-9-12-4-5-13(14)8-12/h11-15H,4-10H2,1-3H3. The summed E-state index contributed by atoms with van der Waals surface area (Å²) >= 11 is 0. The molecule has 2 nitrogen and oxygen atoms in total. The van der Waals surface area contributed by atoms with E-state index in [1.165, 1.54) is 32.2 Å². The van der Waals surface area contributed by atoms with Crippen LogP contribution in [-0.4, -0.2) is 38.1 Å². The van der Waals surface area contributed by atoms with Gasteiger partial charge in [-0.1, -0.05) is 6.42 Å². The minimum atomic E-state index is 0.633. The highest BCUT2D eigenvalue weighted by molar-refractivity contribution is 4.90. The maximum absolute atomic E-state index is 3.66. The molecule has 2 aliphatic rings. The van der Waals surface area contributed by atoms with Crippen LogP contribution in [0, 0.1) is 17.8 Å². The highest BCUT2D eigenvalue weighted by Crippen LogP contribution is 2.49. The lowest BCUT2D eigenvalue weighted by molar-refractivity contribution is 0.295. The number of nitrogens with one attached hydrogen (secondary N) is 1. The van der Waals surface area contributed by atoms with E-state index in [-0.39, 0.29) is 0 Å². The average Bonchev–Trinajstić information content (AvgIpc) is 2.77. The van der Waals surface area contributed by atoms with Crippen LogP contribution in [0.5, 0.6) is 0 Å². The summed E-state index contributed by atoms with van der Waals surface area (Å²) in [6.45, 7) is 4.67. The van der Waals surface area contributed by atoms with Gasteiger partial charge in [-0.15, -0.1) is 0 Å². The van der Waals surface area contributed by atoms with E-state index in [9.17, 15) is 0 Å². The molecule has 16 heavy (non-hydrogen) atoms. The smallest absolute Gasteiger partial charge is 0.0166 e. The molecule has 0 aliphatic heterocycles. The SMILES string of the molecule is CC(CN(C)C)NCCC1CC2CCC1C2. The maximum atomic E-state index is 3.66. The Morgan fingerprint density at radius 2 is 2.06 bits per heavy atom. The van der Waals surface area contributed by atoms with Crippen molar-refractivity contribution >= 4 is 0 Å². The molecule has 0 saturated heterocycles. The molecule has 94 valence electrons. The highest BCUT2D eigenvalue weighted by Gasteiger charge is 2.38. The van der Waals surface area contributed by atoms with Gasteiger partial charge in [0, 0.05) is 12.6 Å². The summed E-state index contributed by atoms with van der Waals surface area (Å²) in [5, 5.41) is 3.66. The van der Waals surface area contributed by atoms with Crippen LogP contribution in [0.15, 0.2) is 0 Å². The number of hydrogen-bond acceptors (Lipinski definition) is 2. The molecule has 0 aromatic heterocycles. The van der Waals surface area contributed by atoms with Gasteiger partial charge in [0.2, 0.25) is 0 Å². The Balaban J connectivity index is 1.58. The van der Waals surface area contributed by atoms with E-state index in [1.807, 2.05) is 0 Å². The second kappa shape index (κ2) is 5.50. The van der Waals surface area contributed by atoms with E-state index in [2.05, 4.69) is 31.2 Å². The van der Waals surface area contributed by atoms with Crippen molar-refractivity contribution in [2.24, 2.45) is 17.8 Å². The normalized spacial score (nSPS) is 34.9. The minimum Gasteiger partial charge on any atom is -0.313 e. The van der Waals surface area contributed by atoms with E-state index in [0.717, 1.165) is 24.3 Å². The Morgan fingerprint density at radius 3 is 2.62 bits per heavy atom. The number of nitrogens with zero attached hydrogens (tertiary/aromatic N) is 1. The second-order valence-electron chi connectivity index (χ2n) is 6.34. The van der Waals surface area contributed by atoms with Crippen LogP contribution in [0.1, 0.15) is 39.0 Å². The second-order valence-corrected chi connectivity index (χ2v) is 6.34. The Hall–Kier alpha value is -0.0800. The summed E-state index contributed by atoms with van der Waals surface area (Å²) in [6.07, 6.45) is 7.57. The lowest BCUT2D eigenvalue weighted by atomic mass is 9.86. The Morgan fingerprint density at radius 1 is 1.25 bits per heavy atom. The molecule has 2 bridgehead atoms. The predicted octanol–water partition coefficient (Wildman–Crippen LogP) is 2.35. The van der Waals surface area contributed by atoms with Gasteiger partial charge in [0.25, 0.3) is 0 Å². The van der Waals surface area contributed by atoms with Crippen molar-refractivity contribution in [2.45, 2.75) is 45.1 Å². The van der Waals surface area contributed by atoms with Gasteiger partial charge >= 0.3 is 0 Å². The largest absolute Gasteiger partial charge is 0.313 e. The Kier molecular flexibility index (Phi) is 4.26. The molecule has 0 heterocycles. The average molecular weight is 224 g/mol. The Bertz CT molecular complexity index is 215. The van der Waals surface area contributed by atoms with E-state index < -0.39 is 0 Å². The van der Waals surface area contributed by atoms with Crippen molar-refractivity contribution in [1.82, 2.24) is 10.2 Å². The van der Waals surface area contributed by atoms with Crippen LogP contribution < -0.4 is 5.32 Å². The quantitative estimate of drug-likeness (QED) is 0.745. The molecular weight excluding hydrogens is 196 g/mol. The van der Waals surface area contributed by atoms with Gasteiger partial charge in [0.15, 0.2) is 0 Å². The molecular formula is C14H28N2. The van der Waals surface area contributed by atoms with E-state index in [4.69, 9.17) is 0 Å². The van der Waals surface area contributed by atoms with Crippen LogP contribution in [0.25, 0.3) is 0 Å². The third kappa shape index (κ3) is 3.21. The fraction of sp³-hybridized carbons (Fsp3) is 1.00. The fourth-order valence-electron chi connectivity index (χ4n) is 3.86. The summed E-state index contributed by atoms with van der Waals surface area (Å²) in [6, 6.07) is 0.633. The van der Waals surface area contributed by atoms with Crippen molar-refractivity contribution in [3.05, 3.63) is 0 Å². The van der Waals surface area contributed by atoms with Crippen LogP contribution >= 0.6 is 0 Å². The molecule has 4 unspecified atom stereocenters. The zero-order chi connectivity index (χ0) is 11.5. The minimum absolute atomic E-state index is 0.633. The van der Waals surface area contributed by atoms with E-state index >= 15 is 0 Å². The third-order valence-electron chi connectivity index (χ3n) is 4.53. The topological polar surface area (TPSA) is 15.3 Å². The first-order valence-electron chi connectivity index (χ1n) is 7.03. The van der Waals surface area contributed by atoms with Crippen molar-refractivity contribution < 1.29 is 0 Å². The van der Waals surface area contributed by atoms with Crippen LogP contribution in [-0.2, 0) is 0 Å². The first-order valence-corrected chi connectivity index (χ1v) is 7.03. The highest BCUT2D eigenvalue weighted by atomic mass is 15.1. The van der Waals surface area contributed by atoms with E-state index in [1.54, 1.807) is 6.42 Å². The van der Waals surface area contributed by atoms with Gasteiger partial charge < -0.3 is 10.2 Å². The molecule has 0 radical (unpaired) electrons. The molecule has 2 fully saturated rings. The molecule has 2 saturated carbocycles. The molecule has 0 aromatic rings. The first-order chi connectivity index (χ1) is 7.65. The maximum Gasteiger partial charge on any atom is 0.0166 e. The zero-order valence-electron chi connectivity index (χ0n) is 11.2. The zero-order valence-corrected chi connectivity index (χ0v) is 11.2. The van der Waals surface area contributed by atoms with Gasteiger partial charge in [-0.05, 0) is 71.0 Å². The molecule has 0 spiro atoms. The van der Waals surface area contributed by atoms with Crippen molar-refractivity contribution in [1.29, 1.82) is 0 Å². The summed E-state index contributed by atoms with van der Waals surface area (Å²) in [4.78, 5) is 2.26. The van der Waals surface area contributed by atoms with Crippen molar-refractivity contribution in [3.63, 3.8) is 0 Å². The number of hydrogen-bond donors (Lipinski definition) is 1. The van der Waals surface area contributed by atoms with Crippen LogP contribution in [0.2, 0.25) is 0 Å². The van der Waals surface area contributed by atoms with Gasteiger partial charge in [-0.25, -0.2) is 0 Å². The van der Waals surface area contributed by atoms with Gasteiger partial charge in [-0.3, -0.25) is 0 Å². The Labute approximate surface area is 101 Å². The third-order valence-corrected chi connectivity index (χ3v) is 4.53. The summed E-state index contributed by atoms with van der Waals surface area (Å²) in [5.74, 6) is 3.25.